The number of carbonyl (C=O) groups excluding carboxylic acids is 1. The van der Waals surface area contributed by atoms with E-state index >= 15 is 0 Å². The lowest BCUT2D eigenvalue weighted by atomic mass is 10.1. The predicted molar refractivity (Wildman–Crippen MR) is 65.7 cm³/mol. The Morgan fingerprint density at radius 3 is 2.65 bits per heavy atom. The molecule has 1 aromatic carbocycles. The molecule has 6 heteroatoms. The number of carbonyl (C=O) groups is 2. The Morgan fingerprint density at radius 1 is 1.47 bits per heavy atom. The SMILES string of the molecule is CNC(=O)CN(C)c1ccc(Cl)cc1C(=O)O. The molecule has 17 heavy (non-hydrogen) atoms. The highest BCUT2D eigenvalue weighted by atomic mass is 35.5. The monoisotopic (exact) mass is 256 g/mol. The van der Waals surface area contributed by atoms with Gasteiger partial charge in [0.15, 0.2) is 0 Å². The summed E-state index contributed by atoms with van der Waals surface area (Å²) < 4.78 is 0. The number of rotatable bonds is 4. The zero-order chi connectivity index (χ0) is 13.0. The fraction of sp³-hybridized carbons (Fsp3) is 0.273. The number of nitrogens with zero attached hydrogens (tertiary/aromatic N) is 1. The molecule has 0 unspecified atom stereocenters. The van der Waals surface area contributed by atoms with E-state index in [1.807, 2.05) is 0 Å². The molecular formula is C11H13ClN2O3. The second-order valence-corrected chi connectivity index (χ2v) is 3.93. The standard InChI is InChI=1S/C11H13ClN2O3/c1-13-10(15)6-14(2)9-4-3-7(12)5-8(9)11(16)17/h3-5H,6H2,1-2H3,(H,13,15)(H,16,17). The summed E-state index contributed by atoms with van der Waals surface area (Å²) in [5.74, 6) is -1.27. The predicted octanol–water partition coefficient (Wildman–Crippen LogP) is 1.22. The van der Waals surface area contributed by atoms with Crippen LogP contribution in [0, 0.1) is 0 Å². The molecule has 0 aliphatic heterocycles. The van der Waals surface area contributed by atoms with Gasteiger partial charge in [-0.05, 0) is 18.2 Å². The van der Waals surface area contributed by atoms with Crippen LogP contribution in [-0.2, 0) is 4.79 Å². The number of anilines is 1. The first-order valence-electron chi connectivity index (χ1n) is 4.90. The van der Waals surface area contributed by atoms with Crippen LogP contribution in [0.15, 0.2) is 18.2 Å². The molecule has 0 bridgehead atoms. The normalized spacial score (nSPS) is 9.82. The van der Waals surface area contributed by atoms with Crippen molar-refractivity contribution in [3.05, 3.63) is 28.8 Å². The van der Waals surface area contributed by atoms with Gasteiger partial charge in [0, 0.05) is 19.1 Å². The molecule has 0 radical (unpaired) electrons. The van der Waals surface area contributed by atoms with Gasteiger partial charge in [0.2, 0.25) is 5.91 Å². The van der Waals surface area contributed by atoms with Crippen molar-refractivity contribution in [1.29, 1.82) is 0 Å². The lowest BCUT2D eigenvalue weighted by Crippen LogP contribution is -2.33. The van der Waals surface area contributed by atoms with E-state index in [4.69, 9.17) is 16.7 Å². The summed E-state index contributed by atoms with van der Waals surface area (Å²) in [6.07, 6.45) is 0. The van der Waals surface area contributed by atoms with Crippen molar-refractivity contribution in [2.45, 2.75) is 0 Å². The number of nitrogens with one attached hydrogen (secondary N) is 1. The summed E-state index contributed by atoms with van der Waals surface area (Å²) in [6, 6.07) is 4.53. The molecule has 1 aromatic rings. The largest absolute Gasteiger partial charge is 0.478 e. The summed E-state index contributed by atoms with van der Waals surface area (Å²) >= 11 is 5.74. The van der Waals surface area contributed by atoms with E-state index in [0.717, 1.165) is 0 Å². The number of likely N-dealkylation sites (N-methyl/N-ethyl adjacent to an activating group) is 2. The van der Waals surface area contributed by atoms with E-state index in [-0.39, 0.29) is 18.0 Å². The Kier molecular flexibility index (Phi) is 4.34. The van der Waals surface area contributed by atoms with E-state index in [0.29, 0.717) is 10.7 Å². The number of hydrogen-bond acceptors (Lipinski definition) is 3. The van der Waals surface area contributed by atoms with Crippen LogP contribution in [0.5, 0.6) is 0 Å². The molecular weight excluding hydrogens is 244 g/mol. The third kappa shape index (κ3) is 3.35. The van der Waals surface area contributed by atoms with Gasteiger partial charge in [0.1, 0.15) is 0 Å². The second-order valence-electron chi connectivity index (χ2n) is 3.50. The number of carboxylic acids is 1. The van der Waals surface area contributed by atoms with Gasteiger partial charge < -0.3 is 15.3 Å². The quantitative estimate of drug-likeness (QED) is 0.850. The van der Waals surface area contributed by atoms with Gasteiger partial charge in [-0.3, -0.25) is 4.79 Å². The smallest absolute Gasteiger partial charge is 0.337 e. The van der Waals surface area contributed by atoms with Crippen molar-refractivity contribution in [3.63, 3.8) is 0 Å². The fourth-order valence-electron chi connectivity index (χ4n) is 1.39. The van der Waals surface area contributed by atoms with Gasteiger partial charge in [0.05, 0.1) is 17.8 Å². The Bertz CT molecular complexity index is 448. The number of amides is 1. The summed E-state index contributed by atoms with van der Waals surface area (Å²) in [5, 5.41) is 11.9. The molecule has 0 spiro atoms. The molecule has 0 aromatic heterocycles. The number of carboxylic acid groups (broad SMARTS) is 1. The average molecular weight is 257 g/mol. The molecule has 0 saturated heterocycles. The van der Waals surface area contributed by atoms with Gasteiger partial charge in [0.25, 0.3) is 0 Å². The van der Waals surface area contributed by atoms with Crippen molar-refractivity contribution < 1.29 is 14.7 Å². The van der Waals surface area contributed by atoms with Crippen molar-refractivity contribution in [2.24, 2.45) is 0 Å². The zero-order valence-corrected chi connectivity index (χ0v) is 10.3. The maximum absolute atomic E-state index is 11.2. The molecule has 0 fully saturated rings. The van der Waals surface area contributed by atoms with Crippen molar-refractivity contribution >= 4 is 29.2 Å². The molecule has 0 saturated carbocycles. The van der Waals surface area contributed by atoms with Crippen LogP contribution in [0.25, 0.3) is 0 Å². The van der Waals surface area contributed by atoms with E-state index in [2.05, 4.69) is 5.32 Å². The van der Waals surface area contributed by atoms with Crippen molar-refractivity contribution in [1.82, 2.24) is 5.32 Å². The van der Waals surface area contributed by atoms with E-state index in [1.54, 1.807) is 24.1 Å². The highest BCUT2D eigenvalue weighted by Gasteiger charge is 2.15. The third-order valence-electron chi connectivity index (χ3n) is 2.26. The maximum Gasteiger partial charge on any atom is 0.337 e. The first-order chi connectivity index (χ1) is 7.95. The summed E-state index contributed by atoms with van der Waals surface area (Å²) in [4.78, 5) is 23.8. The summed E-state index contributed by atoms with van der Waals surface area (Å²) in [6.45, 7) is 0.0818. The number of aromatic carboxylic acids is 1. The molecule has 1 rings (SSSR count). The molecule has 0 aliphatic carbocycles. The van der Waals surface area contributed by atoms with E-state index < -0.39 is 5.97 Å². The van der Waals surface area contributed by atoms with Gasteiger partial charge in [-0.1, -0.05) is 11.6 Å². The van der Waals surface area contributed by atoms with Crippen LogP contribution < -0.4 is 10.2 Å². The molecule has 0 heterocycles. The lowest BCUT2D eigenvalue weighted by Gasteiger charge is -2.20. The molecule has 0 aliphatic rings. The summed E-state index contributed by atoms with van der Waals surface area (Å²) in [7, 11) is 3.17. The lowest BCUT2D eigenvalue weighted by molar-refractivity contribution is -0.119. The van der Waals surface area contributed by atoms with Crippen molar-refractivity contribution in [2.75, 3.05) is 25.5 Å². The number of halogens is 1. The molecule has 2 N–H and O–H groups in total. The maximum atomic E-state index is 11.2. The topological polar surface area (TPSA) is 69.6 Å². The van der Waals surface area contributed by atoms with Crippen LogP contribution in [-0.4, -0.2) is 37.6 Å². The third-order valence-corrected chi connectivity index (χ3v) is 2.49. The summed E-state index contributed by atoms with van der Waals surface area (Å²) in [5.41, 5.74) is 0.523. The minimum atomic E-state index is -1.08. The highest BCUT2D eigenvalue weighted by molar-refractivity contribution is 6.31. The van der Waals surface area contributed by atoms with E-state index in [1.165, 1.54) is 13.1 Å². The minimum absolute atomic E-state index is 0.0731. The second kappa shape index (κ2) is 5.54. The van der Waals surface area contributed by atoms with Crippen LogP contribution in [0.1, 0.15) is 10.4 Å². The average Bonchev–Trinajstić information content (AvgIpc) is 2.28. The van der Waals surface area contributed by atoms with Crippen LogP contribution in [0.4, 0.5) is 5.69 Å². The molecule has 92 valence electrons. The van der Waals surface area contributed by atoms with Gasteiger partial charge in [-0.25, -0.2) is 4.79 Å². The fourth-order valence-corrected chi connectivity index (χ4v) is 1.56. The Morgan fingerprint density at radius 2 is 2.12 bits per heavy atom. The Labute approximate surface area is 104 Å². The van der Waals surface area contributed by atoms with Crippen LogP contribution >= 0.6 is 11.6 Å². The number of benzene rings is 1. The van der Waals surface area contributed by atoms with Gasteiger partial charge in [-0.2, -0.15) is 0 Å². The molecule has 0 atom stereocenters. The minimum Gasteiger partial charge on any atom is -0.478 e. The first-order valence-corrected chi connectivity index (χ1v) is 5.28. The molecule has 5 nitrogen and oxygen atoms in total. The van der Waals surface area contributed by atoms with E-state index in [9.17, 15) is 9.59 Å². The van der Waals surface area contributed by atoms with Gasteiger partial charge in [-0.15, -0.1) is 0 Å². The Balaban J connectivity index is 3.04. The first kappa shape index (κ1) is 13.3. The van der Waals surface area contributed by atoms with Gasteiger partial charge >= 0.3 is 5.97 Å². The van der Waals surface area contributed by atoms with Crippen molar-refractivity contribution in [3.8, 4) is 0 Å². The molecule has 1 amide bonds. The highest BCUT2D eigenvalue weighted by Crippen LogP contribution is 2.23. The zero-order valence-electron chi connectivity index (χ0n) is 9.53. The van der Waals surface area contributed by atoms with Crippen LogP contribution in [0.3, 0.4) is 0 Å². The number of hydrogen-bond donors (Lipinski definition) is 2. The van der Waals surface area contributed by atoms with Crippen LogP contribution in [0.2, 0.25) is 5.02 Å². The Hall–Kier alpha value is -1.75.